The summed E-state index contributed by atoms with van der Waals surface area (Å²) in [6.07, 6.45) is 0. The molecule has 3 rings (SSSR count). The number of rotatable bonds is 7. The van der Waals surface area contributed by atoms with Gasteiger partial charge in [-0.25, -0.2) is 0 Å². The van der Waals surface area contributed by atoms with Crippen molar-refractivity contribution in [1.29, 1.82) is 0 Å². The quantitative estimate of drug-likeness (QED) is 0.398. The molecule has 0 aliphatic carbocycles. The Morgan fingerprint density at radius 1 is 0.900 bits per heavy atom. The van der Waals surface area contributed by atoms with Gasteiger partial charge in [-0.3, -0.25) is 19.7 Å². The number of hydrogen-bond donors (Lipinski definition) is 3. The fourth-order valence-corrected chi connectivity index (χ4v) is 2.82. The monoisotopic (exact) mass is 404 g/mol. The molecule has 0 heterocycles. The van der Waals surface area contributed by atoms with Crippen molar-refractivity contribution in [3.8, 4) is 0 Å². The number of nitro benzene ring substituents is 1. The molecule has 0 unspecified atom stereocenters. The largest absolute Gasteiger partial charge is 0.380 e. The van der Waals surface area contributed by atoms with Crippen LogP contribution in [0.3, 0.4) is 0 Å². The molecule has 0 aliphatic rings. The molecule has 2 amide bonds. The number of benzene rings is 3. The Balaban J connectivity index is 1.80. The zero-order chi connectivity index (χ0) is 21.5. The predicted octanol–water partition coefficient (Wildman–Crippen LogP) is 4.42. The van der Waals surface area contributed by atoms with Gasteiger partial charge in [0.25, 0.3) is 11.6 Å². The van der Waals surface area contributed by atoms with Crippen molar-refractivity contribution >= 4 is 34.6 Å². The second-order valence-electron chi connectivity index (χ2n) is 6.54. The van der Waals surface area contributed by atoms with Crippen LogP contribution in [0.2, 0.25) is 0 Å². The maximum atomic E-state index is 12.8. The minimum absolute atomic E-state index is 0.158. The molecule has 0 bridgehead atoms. The number of non-ortho nitro benzene ring substituents is 1. The topological polar surface area (TPSA) is 113 Å². The van der Waals surface area contributed by atoms with E-state index in [0.717, 1.165) is 5.56 Å². The van der Waals surface area contributed by atoms with Crippen LogP contribution >= 0.6 is 0 Å². The van der Waals surface area contributed by atoms with Gasteiger partial charge in [-0.2, -0.15) is 0 Å². The highest BCUT2D eigenvalue weighted by Crippen LogP contribution is 2.24. The standard InChI is InChI=1S/C22H20N4O4/c1-15(27)24-17-7-9-18(10-8-17)25-22(28)20-13-19(26(29)30)11-12-21(20)23-14-16-5-3-2-4-6-16/h2-13,23H,14H2,1H3,(H,24,27)(H,25,28). The van der Waals surface area contributed by atoms with E-state index in [1.54, 1.807) is 24.3 Å². The van der Waals surface area contributed by atoms with Crippen LogP contribution in [0, 0.1) is 10.1 Å². The Labute approximate surface area is 173 Å². The maximum Gasteiger partial charge on any atom is 0.270 e. The van der Waals surface area contributed by atoms with Gasteiger partial charge in [-0.15, -0.1) is 0 Å². The van der Waals surface area contributed by atoms with Crippen LogP contribution in [-0.4, -0.2) is 16.7 Å². The fraction of sp³-hybridized carbons (Fsp3) is 0.0909. The molecule has 0 saturated heterocycles. The fourth-order valence-electron chi connectivity index (χ4n) is 2.82. The van der Waals surface area contributed by atoms with Crippen LogP contribution in [0.5, 0.6) is 0 Å². The normalized spacial score (nSPS) is 10.2. The highest BCUT2D eigenvalue weighted by atomic mass is 16.6. The Morgan fingerprint density at radius 3 is 2.13 bits per heavy atom. The van der Waals surface area contributed by atoms with Gasteiger partial charge in [0, 0.05) is 42.7 Å². The van der Waals surface area contributed by atoms with Crippen molar-refractivity contribution in [3.63, 3.8) is 0 Å². The van der Waals surface area contributed by atoms with E-state index in [0.29, 0.717) is 23.6 Å². The molecular weight excluding hydrogens is 384 g/mol. The molecule has 0 aliphatic heterocycles. The molecule has 0 aromatic heterocycles. The Hall–Kier alpha value is -4.20. The van der Waals surface area contributed by atoms with Gasteiger partial charge >= 0.3 is 0 Å². The Bertz CT molecular complexity index is 1070. The molecule has 8 heteroatoms. The van der Waals surface area contributed by atoms with Crippen molar-refractivity contribution in [2.24, 2.45) is 0 Å². The average molecular weight is 404 g/mol. The van der Waals surface area contributed by atoms with Gasteiger partial charge < -0.3 is 16.0 Å². The summed E-state index contributed by atoms with van der Waals surface area (Å²) in [5.74, 6) is -0.681. The summed E-state index contributed by atoms with van der Waals surface area (Å²) < 4.78 is 0. The van der Waals surface area contributed by atoms with E-state index in [1.165, 1.54) is 25.1 Å². The second-order valence-corrected chi connectivity index (χ2v) is 6.54. The van der Waals surface area contributed by atoms with Crippen molar-refractivity contribution in [2.75, 3.05) is 16.0 Å². The average Bonchev–Trinajstić information content (AvgIpc) is 2.74. The van der Waals surface area contributed by atoms with Crippen molar-refractivity contribution in [2.45, 2.75) is 13.5 Å². The van der Waals surface area contributed by atoms with E-state index in [1.807, 2.05) is 30.3 Å². The maximum absolute atomic E-state index is 12.8. The van der Waals surface area contributed by atoms with E-state index in [4.69, 9.17) is 0 Å². The van der Waals surface area contributed by atoms with E-state index in [2.05, 4.69) is 16.0 Å². The molecule has 0 saturated carbocycles. The molecule has 0 spiro atoms. The first-order chi connectivity index (χ1) is 14.4. The molecule has 3 N–H and O–H groups in total. The van der Waals surface area contributed by atoms with E-state index in [9.17, 15) is 19.7 Å². The number of carbonyl (C=O) groups excluding carboxylic acids is 2. The lowest BCUT2D eigenvalue weighted by atomic mass is 10.1. The summed E-state index contributed by atoms with van der Waals surface area (Å²) >= 11 is 0. The number of nitrogens with one attached hydrogen (secondary N) is 3. The molecule has 3 aromatic carbocycles. The van der Waals surface area contributed by atoms with Gasteiger partial charge in [0.2, 0.25) is 5.91 Å². The summed E-state index contributed by atoms with van der Waals surface area (Å²) in [6.45, 7) is 1.87. The predicted molar refractivity (Wildman–Crippen MR) is 116 cm³/mol. The minimum atomic E-state index is -0.542. The molecular formula is C22H20N4O4. The van der Waals surface area contributed by atoms with Crippen LogP contribution < -0.4 is 16.0 Å². The number of nitro groups is 1. The van der Waals surface area contributed by atoms with Crippen molar-refractivity contribution < 1.29 is 14.5 Å². The van der Waals surface area contributed by atoms with Crippen LogP contribution in [-0.2, 0) is 11.3 Å². The third kappa shape index (κ3) is 5.41. The third-order valence-corrected chi connectivity index (χ3v) is 4.25. The first kappa shape index (κ1) is 20.5. The summed E-state index contributed by atoms with van der Waals surface area (Å²) in [7, 11) is 0. The Kier molecular flexibility index (Phi) is 6.39. The lowest BCUT2D eigenvalue weighted by molar-refractivity contribution is -0.384. The van der Waals surface area contributed by atoms with Crippen molar-refractivity contribution in [3.05, 3.63) is 94.0 Å². The van der Waals surface area contributed by atoms with Crippen LogP contribution in [0.1, 0.15) is 22.8 Å². The molecule has 30 heavy (non-hydrogen) atoms. The molecule has 0 fully saturated rings. The highest BCUT2D eigenvalue weighted by molar-refractivity contribution is 6.08. The van der Waals surface area contributed by atoms with Crippen LogP contribution in [0.15, 0.2) is 72.8 Å². The minimum Gasteiger partial charge on any atom is -0.380 e. The number of carbonyl (C=O) groups is 2. The van der Waals surface area contributed by atoms with E-state index >= 15 is 0 Å². The second kappa shape index (κ2) is 9.33. The van der Waals surface area contributed by atoms with Gasteiger partial charge in [0.05, 0.1) is 10.5 Å². The number of amides is 2. The van der Waals surface area contributed by atoms with Gasteiger partial charge in [-0.05, 0) is 35.9 Å². The molecule has 0 atom stereocenters. The SMILES string of the molecule is CC(=O)Nc1ccc(NC(=O)c2cc([N+](=O)[O-])ccc2NCc2ccccc2)cc1. The van der Waals surface area contributed by atoms with E-state index in [-0.39, 0.29) is 17.2 Å². The van der Waals surface area contributed by atoms with Crippen LogP contribution in [0.4, 0.5) is 22.7 Å². The van der Waals surface area contributed by atoms with Gasteiger partial charge in [0.15, 0.2) is 0 Å². The van der Waals surface area contributed by atoms with Crippen molar-refractivity contribution in [1.82, 2.24) is 0 Å². The first-order valence-electron chi connectivity index (χ1n) is 9.17. The number of anilines is 3. The highest BCUT2D eigenvalue weighted by Gasteiger charge is 2.17. The van der Waals surface area contributed by atoms with Gasteiger partial charge in [-0.1, -0.05) is 30.3 Å². The zero-order valence-corrected chi connectivity index (χ0v) is 16.2. The third-order valence-electron chi connectivity index (χ3n) is 4.25. The molecule has 8 nitrogen and oxygen atoms in total. The molecule has 0 radical (unpaired) electrons. The number of hydrogen-bond acceptors (Lipinski definition) is 5. The smallest absolute Gasteiger partial charge is 0.270 e. The Morgan fingerprint density at radius 2 is 1.53 bits per heavy atom. The molecule has 3 aromatic rings. The lowest BCUT2D eigenvalue weighted by Gasteiger charge is -2.13. The summed E-state index contributed by atoms with van der Waals surface area (Å²) in [6, 6.07) is 20.3. The summed E-state index contributed by atoms with van der Waals surface area (Å²) in [4.78, 5) is 34.6. The lowest BCUT2D eigenvalue weighted by Crippen LogP contribution is -2.15. The zero-order valence-electron chi connectivity index (χ0n) is 16.2. The molecule has 152 valence electrons. The number of nitrogens with zero attached hydrogens (tertiary/aromatic N) is 1. The summed E-state index contributed by atoms with van der Waals surface area (Å²) in [5, 5.41) is 19.7. The first-order valence-corrected chi connectivity index (χ1v) is 9.17. The summed E-state index contributed by atoms with van der Waals surface area (Å²) in [5.41, 5.74) is 2.57. The van der Waals surface area contributed by atoms with E-state index < -0.39 is 10.8 Å². The van der Waals surface area contributed by atoms with Gasteiger partial charge in [0.1, 0.15) is 0 Å². The van der Waals surface area contributed by atoms with Crippen LogP contribution in [0.25, 0.3) is 0 Å².